The molecular formula is C13H14BrF2NO3. The standard InChI is InChI=1S/C13H14BrF2NO3/c1-6(2)3-10(13(19)20)17-12(18)11-8(15)4-7(14)5-9(11)16/h4-6,10H,3H2,1-2H3,(H,17,18)(H,19,20)/t10-/m0/s1. The van der Waals surface area contributed by atoms with Crippen molar-refractivity contribution in [1.29, 1.82) is 0 Å². The summed E-state index contributed by atoms with van der Waals surface area (Å²) in [6, 6.07) is 0.692. The number of rotatable bonds is 5. The summed E-state index contributed by atoms with van der Waals surface area (Å²) in [7, 11) is 0. The van der Waals surface area contributed by atoms with E-state index in [2.05, 4.69) is 21.2 Å². The summed E-state index contributed by atoms with van der Waals surface area (Å²) in [6.07, 6.45) is 0.167. The molecular weight excluding hydrogens is 336 g/mol. The van der Waals surface area contributed by atoms with E-state index < -0.39 is 35.1 Å². The zero-order chi connectivity index (χ0) is 15.4. The Hall–Kier alpha value is -1.50. The summed E-state index contributed by atoms with van der Waals surface area (Å²) in [6.45, 7) is 3.56. The molecule has 4 nitrogen and oxygen atoms in total. The van der Waals surface area contributed by atoms with Crippen LogP contribution in [0.15, 0.2) is 16.6 Å². The van der Waals surface area contributed by atoms with Gasteiger partial charge in [0.1, 0.15) is 23.2 Å². The number of amides is 1. The van der Waals surface area contributed by atoms with Crippen molar-refractivity contribution >= 4 is 27.8 Å². The van der Waals surface area contributed by atoms with Gasteiger partial charge in [0.25, 0.3) is 5.91 Å². The highest BCUT2D eigenvalue weighted by molar-refractivity contribution is 9.10. The molecule has 0 fully saturated rings. The number of benzene rings is 1. The Balaban J connectivity index is 2.98. The predicted octanol–water partition coefficient (Wildman–Crippen LogP) is 2.96. The summed E-state index contributed by atoms with van der Waals surface area (Å²) in [5.74, 6) is -4.42. The van der Waals surface area contributed by atoms with Crippen molar-refractivity contribution in [1.82, 2.24) is 5.32 Å². The molecule has 0 heterocycles. The molecule has 1 rings (SSSR count). The lowest BCUT2D eigenvalue weighted by Gasteiger charge is -2.17. The SMILES string of the molecule is CC(C)C[C@H](NC(=O)c1c(F)cc(Br)cc1F)C(=O)O. The quantitative estimate of drug-likeness (QED) is 0.858. The first-order valence-electron chi connectivity index (χ1n) is 5.90. The number of carboxylic acid groups (broad SMARTS) is 1. The van der Waals surface area contributed by atoms with Gasteiger partial charge in [-0.1, -0.05) is 29.8 Å². The van der Waals surface area contributed by atoms with Crippen LogP contribution in [0.5, 0.6) is 0 Å². The van der Waals surface area contributed by atoms with Gasteiger partial charge in [0.05, 0.1) is 0 Å². The Morgan fingerprint density at radius 3 is 2.20 bits per heavy atom. The predicted molar refractivity (Wildman–Crippen MR) is 72.4 cm³/mol. The van der Waals surface area contributed by atoms with Crippen LogP contribution in [0, 0.1) is 17.6 Å². The fourth-order valence-corrected chi connectivity index (χ4v) is 2.08. The van der Waals surface area contributed by atoms with Crippen LogP contribution in [0.2, 0.25) is 0 Å². The minimum absolute atomic E-state index is 0.0102. The molecule has 7 heteroatoms. The number of hydrogen-bond acceptors (Lipinski definition) is 2. The van der Waals surface area contributed by atoms with Gasteiger partial charge in [0.15, 0.2) is 0 Å². The smallest absolute Gasteiger partial charge is 0.326 e. The molecule has 0 saturated heterocycles. The molecule has 1 aromatic carbocycles. The van der Waals surface area contributed by atoms with Crippen molar-refractivity contribution in [3.8, 4) is 0 Å². The molecule has 0 aromatic heterocycles. The van der Waals surface area contributed by atoms with Crippen molar-refractivity contribution < 1.29 is 23.5 Å². The van der Waals surface area contributed by atoms with Crippen LogP contribution in [0.4, 0.5) is 8.78 Å². The number of aliphatic carboxylic acids is 1. The van der Waals surface area contributed by atoms with Gasteiger partial charge in [-0.05, 0) is 24.5 Å². The van der Waals surface area contributed by atoms with Crippen LogP contribution in [-0.4, -0.2) is 23.0 Å². The molecule has 0 bridgehead atoms. The van der Waals surface area contributed by atoms with Crippen molar-refractivity contribution in [2.75, 3.05) is 0 Å². The summed E-state index contributed by atoms with van der Waals surface area (Å²) in [5, 5.41) is 11.1. The first-order valence-corrected chi connectivity index (χ1v) is 6.70. The Morgan fingerprint density at radius 2 is 1.80 bits per heavy atom. The molecule has 1 aromatic rings. The Morgan fingerprint density at radius 1 is 1.30 bits per heavy atom. The largest absolute Gasteiger partial charge is 0.480 e. The zero-order valence-corrected chi connectivity index (χ0v) is 12.5. The first-order chi connectivity index (χ1) is 9.22. The van der Waals surface area contributed by atoms with E-state index in [9.17, 15) is 18.4 Å². The van der Waals surface area contributed by atoms with Gasteiger partial charge >= 0.3 is 5.97 Å². The summed E-state index contributed by atoms with van der Waals surface area (Å²) in [4.78, 5) is 22.8. The van der Waals surface area contributed by atoms with E-state index in [4.69, 9.17) is 5.11 Å². The van der Waals surface area contributed by atoms with Crippen molar-refractivity contribution in [3.63, 3.8) is 0 Å². The molecule has 0 saturated carbocycles. The number of carbonyl (C=O) groups is 2. The van der Waals surface area contributed by atoms with E-state index in [1.165, 1.54) is 0 Å². The fraction of sp³-hybridized carbons (Fsp3) is 0.385. The van der Waals surface area contributed by atoms with Crippen LogP contribution in [0.25, 0.3) is 0 Å². The third-order valence-corrected chi connectivity index (χ3v) is 3.00. The minimum atomic E-state index is -1.25. The van der Waals surface area contributed by atoms with Crippen LogP contribution in [0.3, 0.4) is 0 Å². The molecule has 0 radical (unpaired) electrons. The zero-order valence-electron chi connectivity index (χ0n) is 10.9. The van der Waals surface area contributed by atoms with E-state index in [1.54, 1.807) is 13.8 Å². The number of halogens is 3. The summed E-state index contributed by atoms with van der Waals surface area (Å²) in [5.41, 5.74) is -0.789. The van der Waals surface area contributed by atoms with Crippen molar-refractivity contribution in [2.45, 2.75) is 26.3 Å². The van der Waals surface area contributed by atoms with E-state index in [0.717, 1.165) is 12.1 Å². The first kappa shape index (κ1) is 16.6. The monoisotopic (exact) mass is 349 g/mol. The van der Waals surface area contributed by atoms with E-state index >= 15 is 0 Å². The molecule has 20 heavy (non-hydrogen) atoms. The minimum Gasteiger partial charge on any atom is -0.480 e. The van der Waals surface area contributed by atoms with Gasteiger partial charge < -0.3 is 10.4 Å². The highest BCUT2D eigenvalue weighted by Gasteiger charge is 2.25. The lowest BCUT2D eigenvalue weighted by atomic mass is 10.0. The van der Waals surface area contributed by atoms with Crippen molar-refractivity contribution in [3.05, 3.63) is 33.8 Å². The maximum Gasteiger partial charge on any atom is 0.326 e. The van der Waals surface area contributed by atoms with Crippen LogP contribution < -0.4 is 5.32 Å². The molecule has 110 valence electrons. The van der Waals surface area contributed by atoms with Gasteiger partial charge in [-0.2, -0.15) is 0 Å². The lowest BCUT2D eigenvalue weighted by Crippen LogP contribution is -2.42. The second-order valence-electron chi connectivity index (χ2n) is 4.74. The summed E-state index contributed by atoms with van der Waals surface area (Å²) >= 11 is 2.90. The molecule has 0 aliphatic heterocycles. The van der Waals surface area contributed by atoms with Gasteiger partial charge in [-0.15, -0.1) is 0 Å². The maximum atomic E-state index is 13.6. The third kappa shape index (κ3) is 4.26. The third-order valence-electron chi connectivity index (χ3n) is 2.54. The number of nitrogens with one attached hydrogen (secondary N) is 1. The number of carbonyl (C=O) groups excluding carboxylic acids is 1. The number of carboxylic acids is 1. The van der Waals surface area contributed by atoms with Crippen LogP contribution in [-0.2, 0) is 4.79 Å². The maximum absolute atomic E-state index is 13.6. The van der Waals surface area contributed by atoms with Gasteiger partial charge in [-0.3, -0.25) is 4.79 Å². The Bertz CT molecular complexity index is 511. The van der Waals surface area contributed by atoms with Crippen molar-refractivity contribution in [2.24, 2.45) is 5.92 Å². The topological polar surface area (TPSA) is 66.4 Å². The molecule has 0 unspecified atom stereocenters. The average Bonchev–Trinajstić information content (AvgIpc) is 2.25. The normalized spacial score (nSPS) is 12.3. The molecule has 0 aliphatic carbocycles. The number of hydrogen-bond donors (Lipinski definition) is 2. The highest BCUT2D eigenvalue weighted by atomic mass is 79.9. The summed E-state index contributed by atoms with van der Waals surface area (Å²) < 4.78 is 27.3. The van der Waals surface area contributed by atoms with Gasteiger partial charge in [-0.25, -0.2) is 13.6 Å². The van der Waals surface area contributed by atoms with Gasteiger partial charge in [0, 0.05) is 4.47 Å². The van der Waals surface area contributed by atoms with Crippen LogP contribution >= 0.6 is 15.9 Å². The molecule has 0 aliphatic rings. The van der Waals surface area contributed by atoms with Crippen LogP contribution in [0.1, 0.15) is 30.6 Å². The van der Waals surface area contributed by atoms with E-state index in [-0.39, 0.29) is 16.8 Å². The highest BCUT2D eigenvalue weighted by Crippen LogP contribution is 2.19. The second-order valence-corrected chi connectivity index (χ2v) is 5.65. The lowest BCUT2D eigenvalue weighted by molar-refractivity contribution is -0.139. The molecule has 1 amide bonds. The van der Waals surface area contributed by atoms with E-state index in [0.29, 0.717) is 0 Å². The van der Waals surface area contributed by atoms with Gasteiger partial charge in [0.2, 0.25) is 0 Å². The second kappa shape index (κ2) is 6.78. The fourth-order valence-electron chi connectivity index (χ4n) is 1.68. The average molecular weight is 350 g/mol. The molecule has 0 spiro atoms. The van der Waals surface area contributed by atoms with E-state index in [1.807, 2.05) is 0 Å². The Labute approximate surface area is 123 Å². The molecule has 1 atom stereocenters. The Kier molecular flexibility index (Phi) is 5.62. The molecule has 2 N–H and O–H groups in total.